The summed E-state index contributed by atoms with van der Waals surface area (Å²) in [4.78, 5) is 32.4. The fraction of sp³-hybridized carbons (Fsp3) is 0.258. The maximum atomic E-state index is 14.1. The Hall–Kier alpha value is -4.08. The van der Waals surface area contributed by atoms with Gasteiger partial charge in [0, 0.05) is 22.1 Å². The summed E-state index contributed by atoms with van der Waals surface area (Å²) in [6.07, 6.45) is 1.88. The Morgan fingerprint density at radius 2 is 1.83 bits per heavy atom. The van der Waals surface area contributed by atoms with Crippen LogP contribution in [0.2, 0.25) is 5.02 Å². The first-order chi connectivity index (χ1) is 19.7. The summed E-state index contributed by atoms with van der Waals surface area (Å²) in [5.41, 5.74) is 5.03. The molecule has 0 unspecified atom stereocenters. The van der Waals surface area contributed by atoms with Crippen molar-refractivity contribution >= 4 is 35.0 Å². The van der Waals surface area contributed by atoms with Crippen molar-refractivity contribution in [1.82, 2.24) is 9.13 Å². The SMILES string of the molecule is CCOC(=O)C1=C(C)N=c2s/c(=C/c3cc(C)n(-c4cccc(Cl)c4)c3C)c(=O)n2[C@@H]1c1ccc(OC)c(OC)c1. The van der Waals surface area contributed by atoms with Crippen molar-refractivity contribution in [3.05, 3.63) is 107 Å². The number of carbonyl (C=O) groups is 1. The van der Waals surface area contributed by atoms with Gasteiger partial charge in [0.25, 0.3) is 5.56 Å². The van der Waals surface area contributed by atoms with E-state index in [1.807, 2.05) is 56.3 Å². The van der Waals surface area contributed by atoms with E-state index >= 15 is 0 Å². The summed E-state index contributed by atoms with van der Waals surface area (Å²) in [6, 6.07) is 14.3. The minimum Gasteiger partial charge on any atom is -0.493 e. The topological polar surface area (TPSA) is 84.1 Å². The number of carbonyl (C=O) groups excluding carboxylic acids is 1. The van der Waals surface area contributed by atoms with Crippen molar-refractivity contribution in [2.24, 2.45) is 4.99 Å². The van der Waals surface area contributed by atoms with E-state index in [0.29, 0.717) is 42.7 Å². The number of benzene rings is 2. The Balaban J connectivity index is 1.71. The van der Waals surface area contributed by atoms with Crippen LogP contribution in [-0.2, 0) is 9.53 Å². The molecule has 8 nitrogen and oxygen atoms in total. The van der Waals surface area contributed by atoms with Crippen LogP contribution < -0.4 is 24.4 Å². The van der Waals surface area contributed by atoms with E-state index in [0.717, 1.165) is 22.6 Å². The number of allylic oxidation sites excluding steroid dienone is 1. The molecule has 2 aromatic heterocycles. The number of thiazole rings is 1. The van der Waals surface area contributed by atoms with Gasteiger partial charge in [-0.05, 0) is 81.3 Å². The van der Waals surface area contributed by atoms with Gasteiger partial charge in [-0.25, -0.2) is 9.79 Å². The summed E-state index contributed by atoms with van der Waals surface area (Å²) in [5.74, 6) is 0.503. The van der Waals surface area contributed by atoms with Gasteiger partial charge in [-0.3, -0.25) is 9.36 Å². The molecule has 0 saturated heterocycles. The van der Waals surface area contributed by atoms with Crippen LogP contribution in [0, 0.1) is 13.8 Å². The maximum Gasteiger partial charge on any atom is 0.338 e. The highest BCUT2D eigenvalue weighted by Gasteiger charge is 2.34. The smallest absolute Gasteiger partial charge is 0.338 e. The second kappa shape index (κ2) is 11.4. The quantitative estimate of drug-likeness (QED) is 0.286. The van der Waals surface area contributed by atoms with Crippen LogP contribution in [0.5, 0.6) is 11.5 Å². The molecule has 1 aliphatic heterocycles. The molecule has 1 aliphatic rings. The lowest BCUT2D eigenvalue weighted by Gasteiger charge is -2.25. The second-order valence-electron chi connectivity index (χ2n) is 9.56. The number of nitrogens with zero attached hydrogens (tertiary/aromatic N) is 3. The predicted octanol–water partition coefficient (Wildman–Crippen LogP) is 4.88. The first-order valence-electron chi connectivity index (χ1n) is 13.0. The monoisotopic (exact) mass is 591 g/mol. The van der Waals surface area contributed by atoms with E-state index in [9.17, 15) is 9.59 Å². The van der Waals surface area contributed by atoms with E-state index in [2.05, 4.69) is 9.56 Å². The van der Waals surface area contributed by atoms with Crippen LogP contribution in [0.4, 0.5) is 0 Å². The Morgan fingerprint density at radius 1 is 1.07 bits per heavy atom. The molecule has 0 radical (unpaired) electrons. The average molecular weight is 592 g/mol. The molecule has 2 aromatic carbocycles. The lowest BCUT2D eigenvalue weighted by molar-refractivity contribution is -0.139. The largest absolute Gasteiger partial charge is 0.493 e. The fourth-order valence-corrected chi connectivity index (χ4v) is 6.44. The molecular weight excluding hydrogens is 562 g/mol. The summed E-state index contributed by atoms with van der Waals surface area (Å²) >= 11 is 7.54. The number of hydrogen-bond donors (Lipinski definition) is 0. The number of fused-ring (bicyclic) bond motifs is 1. The zero-order chi connectivity index (χ0) is 29.4. The average Bonchev–Trinajstić information content (AvgIpc) is 3.41. The number of rotatable bonds is 7. The number of esters is 1. The van der Waals surface area contributed by atoms with E-state index in [1.165, 1.54) is 11.3 Å². The van der Waals surface area contributed by atoms with Crippen LogP contribution >= 0.6 is 22.9 Å². The molecule has 0 bridgehead atoms. The van der Waals surface area contributed by atoms with Gasteiger partial charge in [0.2, 0.25) is 0 Å². The van der Waals surface area contributed by atoms with Gasteiger partial charge < -0.3 is 18.8 Å². The minimum absolute atomic E-state index is 0.195. The van der Waals surface area contributed by atoms with Gasteiger partial charge >= 0.3 is 5.97 Å². The molecule has 0 N–H and O–H groups in total. The zero-order valence-corrected chi connectivity index (χ0v) is 25.2. The highest BCUT2D eigenvalue weighted by molar-refractivity contribution is 7.07. The third-order valence-electron chi connectivity index (χ3n) is 7.06. The molecule has 4 aromatic rings. The van der Waals surface area contributed by atoms with Gasteiger partial charge in [0.05, 0.1) is 42.7 Å². The number of ether oxygens (including phenoxy) is 3. The van der Waals surface area contributed by atoms with E-state index in [-0.39, 0.29) is 12.2 Å². The van der Waals surface area contributed by atoms with Gasteiger partial charge in [-0.1, -0.05) is 35.1 Å². The summed E-state index contributed by atoms with van der Waals surface area (Å²) in [6.45, 7) is 7.72. The number of aryl methyl sites for hydroxylation is 1. The molecule has 0 spiro atoms. The number of hydrogen-bond acceptors (Lipinski definition) is 7. The van der Waals surface area contributed by atoms with Crippen molar-refractivity contribution < 1.29 is 19.0 Å². The highest BCUT2D eigenvalue weighted by Crippen LogP contribution is 2.36. The molecule has 3 heterocycles. The van der Waals surface area contributed by atoms with Gasteiger partial charge in [-0.15, -0.1) is 0 Å². The Kier molecular flexibility index (Phi) is 7.93. The van der Waals surface area contributed by atoms with Gasteiger partial charge in [0.15, 0.2) is 16.3 Å². The lowest BCUT2D eigenvalue weighted by Crippen LogP contribution is -2.40. The number of methoxy groups -OCH3 is 2. The first-order valence-corrected chi connectivity index (χ1v) is 14.2. The first kappa shape index (κ1) is 28.4. The Bertz CT molecular complexity index is 1880. The Labute approximate surface area is 246 Å². The van der Waals surface area contributed by atoms with Crippen molar-refractivity contribution in [1.29, 1.82) is 0 Å². The molecule has 5 rings (SSSR count). The molecule has 41 heavy (non-hydrogen) atoms. The third-order valence-corrected chi connectivity index (χ3v) is 8.28. The van der Waals surface area contributed by atoms with Crippen LogP contribution in [0.25, 0.3) is 11.8 Å². The normalized spacial score (nSPS) is 15.0. The van der Waals surface area contributed by atoms with Crippen LogP contribution in [0.3, 0.4) is 0 Å². The fourth-order valence-electron chi connectivity index (χ4n) is 5.22. The third kappa shape index (κ3) is 5.11. The Morgan fingerprint density at radius 3 is 2.51 bits per heavy atom. The molecule has 0 aliphatic carbocycles. The molecule has 212 valence electrons. The van der Waals surface area contributed by atoms with Crippen LogP contribution in [-0.4, -0.2) is 35.9 Å². The van der Waals surface area contributed by atoms with Crippen molar-refractivity contribution in [2.45, 2.75) is 33.7 Å². The number of halogens is 1. The van der Waals surface area contributed by atoms with Gasteiger partial charge in [0.1, 0.15) is 0 Å². The second-order valence-corrected chi connectivity index (χ2v) is 11.0. The molecule has 0 saturated carbocycles. The van der Waals surface area contributed by atoms with Gasteiger partial charge in [-0.2, -0.15) is 0 Å². The highest BCUT2D eigenvalue weighted by atomic mass is 35.5. The molecule has 1 atom stereocenters. The molecule has 0 fully saturated rings. The zero-order valence-electron chi connectivity index (χ0n) is 23.6. The van der Waals surface area contributed by atoms with Crippen LogP contribution in [0.1, 0.15) is 42.4 Å². The van der Waals surface area contributed by atoms with E-state index < -0.39 is 12.0 Å². The van der Waals surface area contributed by atoms with Crippen LogP contribution in [0.15, 0.2) is 69.6 Å². The van der Waals surface area contributed by atoms with Crippen molar-refractivity contribution in [3.8, 4) is 17.2 Å². The number of aromatic nitrogens is 2. The van der Waals surface area contributed by atoms with Crippen molar-refractivity contribution in [2.75, 3.05) is 20.8 Å². The maximum absolute atomic E-state index is 14.1. The summed E-state index contributed by atoms with van der Waals surface area (Å²) in [7, 11) is 3.10. The lowest BCUT2D eigenvalue weighted by atomic mass is 9.95. The standard InChI is InChI=1S/C31H30ClN3O5S/c1-7-40-30(37)27-18(3)33-31-35(28(27)20-11-12-24(38-5)25(14-20)39-6)29(36)26(41-31)15-21-13-17(2)34(19(21)4)23-10-8-9-22(32)16-23/h8-16,28H,7H2,1-6H3/b26-15+/t28-/m1/s1. The molecular formula is C31H30ClN3O5S. The minimum atomic E-state index is -0.758. The molecule has 10 heteroatoms. The van der Waals surface area contributed by atoms with Crippen molar-refractivity contribution in [3.63, 3.8) is 0 Å². The predicted molar refractivity (Wildman–Crippen MR) is 160 cm³/mol. The summed E-state index contributed by atoms with van der Waals surface area (Å²) in [5, 5.41) is 0.646. The summed E-state index contributed by atoms with van der Waals surface area (Å²) < 4.78 is 20.5. The molecule has 0 amide bonds. The van der Waals surface area contributed by atoms with E-state index in [1.54, 1.807) is 44.8 Å². The van der Waals surface area contributed by atoms with E-state index in [4.69, 9.17) is 25.8 Å².